The summed E-state index contributed by atoms with van der Waals surface area (Å²) < 4.78 is 31.7. The van der Waals surface area contributed by atoms with Crippen molar-refractivity contribution in [3.63, 3.8) is 0 Å². The normalized spacial score (nSPS) is 25.7. The lowest BCUT2D eigenvalue weighted by atomic mass is 9.75. The van der Waals surface area contributed by atoms with Gasteiger partial charge in [-0.05, 0) is 25.7 Å². The van der Waals surface area contributed by atoms with Crippen LogP contribution in [0.15, 0.2) is 0 Å². The molecule has 0 bridgehead atoms. The van der Waals surface area contributed by atoms with Gasteiger partial charge in [-0.25, -0.2) is 12.7 Å². The van der Waals surface area contributed by atoms with E-state index >= 15 is 0 Å². The van der Waals surface area contributed by atoms with Crippen LogP contribution in [-0.4, -0.2) is 55.7 Å². The number of carbonyl (C=O) groups excluding carboxylic acids is 1. The van der Waals surface area contributed by atoms with Gasteiger partial charge >= 0.3 is 11.9 Å². The first-order valence-corrected chi connectivity index (χ1v) is 9.71. The number of sulfonamides is 1. The van der Waals surface area contributed by atoms with Crippen LogP contribution in [0.4, 0.5) is 0 Å². The summed E-state index contributed by atoms with van der Waals surface area (Å²) in [7, 11) is -2.41. The summed E-state index contributed by atoms with van der Waals surface area (Å²) in [6, 6.07) is 0. The van der Waals surface area contributed by atoms with Gasteiger partial charge in [0.1, 0.15) is 0 Å². The Bertz CT molecular complexity index is 552. The van der Waals surface area contributed by atoms with Crippen molar-refractivity contribution in [1.82, 2.24) is 4.31 Å². The van der Waals surface area contributed by atoms with E-state index in [4.69, 9.17) is 9.84 Å². The number of nitrogens with zero attached hydrogens (tertiary/aromatic N) is 1. The molecule has 0 amide bonds. The molecule has 1 saturated carbocycles. The number of hydrogen-bond donors (Lipinski definition) is 1. The van der Waals surface area contributed by atoms with Crippen LogP contribution in [0.25, 0.3) is 0 Å². The van der Waals surface area contributed by atoms with Crippen molar-refractivity contribution < 1.29 is 27.9 Å². The largest absolute Gasteiger partial charge is 0.481 e. The van der Waals surface area contributed by atoms with E-state index in [1.165, 1.54) is 11.4 Å². The molecule has 1 unspecified atom stereocenters. The van der Waals surface area contributed by atoms with E-state index in [0.717, 1.165) is 19.3 Å². The summed E-state index contributed by atoms with van der Waals surface area (Å²) in [5, 5.41) is 9.12. The third-order valence-electron chi connectivity index (χ3n) is 5.01. The highest BCUT2D eigenvalue weighted by Gasteiger charge is 2.46. The Morgan fingerprint density at radius 1 is 1.22 bits per heavy atom. The lowest BCUT2D eigenvalue weighted by molar-refractivity contribution is -0.153. The van der Waals surface area contributed by atoms with Gasteiger partial charge in [-0.3, -0.25) is 9.59 Å². The zero-order valence-corrected chi connectivity index (χ0v) is 14.3. The smallest absolute Gasteiger partial charge is 0.312 e. The van der Waals surface area contributed by atoms with Gasteiger partial charge in [0.25, 0.3) is 0 Å². The number of methoxy groups -OCH3 is 1. The number of carbonyl (C=O) groups is 2. The maximum Gasteiger partial charge on any atom is 0.312 e. The minimum atomic E-state index is -3.69. The predicted molar refractivity (Wildman–Crippen MR) is 83.3 cm³/mol. The van der Waals surface area contributed by atoms with Gasteiger partial charge in [0, 0.05) is 13.1 Å². The molecule has 1 aliphatic heterocycles. The van der Waals surface area contributed by atoms with E-state index in [1.807, 2.05) is 0 Å². The zero-order chi connectivity index (χ0) is 17.1. The van der Waals surface area contributed by atoms with Crippen molar-refractivity contribution in [1.29, 1.82) is 0 Å². The van der Waals surface area contributed by atoms with Crippen LogP contribution in [0, 0.1) is 11.3 Å². The molecule has 0 aromatic heterocycles. The van der Waals surface area contributed by atoms with E-state index in [1.54, 1.807) is 0 Å². The fourth-order valence-electron chi connectivity index (χ4n) is 3.69. The van der Waals surface area contributed by atoms with Crippen molar-refractivity contribution in [2.24, 2.45) is 11.3 Å². The van der Waals surface area contributed by atoms with Crippen molar-refractivity contribution in [3.8, 4) is 0 Å². The van der Waals surface area contributed by atoms with E-state index in [-0.39, 0.29) is 12.3 Å². The van der Waals surface area contributed by atoms with Crippen molar-refractivity contribution >= 4 is 22.0 Å². The molecule has 8 heteroatoms. The quantitative estimate of drug-likeness (QED) is 0.751. The first-order valence-electron chi connectivity index (χ1n) is 8.10. The van der Waals surface area contributed by atoms with Crippen LogP contribution in [0.2, 0.25) is 0 Å². The second-order valence-electron chi connectivity index (χ2n) is 6.62. The molecule has 1 aliphatic carbocycles. The number of carboxylic acids is 1. The highest BCUT2D eigenvalue weighted by Crippen LogP contribution is 2.39. The number of ether oxygens (including phenoxy) is 1. The third-order valence-corrected chi connectivity index (χ3v) is 7.05. The average Bonchev–Trinajstić information content (AvgIpc) is 2.54. The Balaban J connectivity index is 2.17. The van der Waals surface area contributed by atoms with E-state index in [0.29, 0.717) is 32.2 Å². The fourth-order valence-corrected chi connectivity index (χ4v) is 5.79. The van der Waals surface area contributed by atoms with Crippen LogP contribution in [0.1, 0.15) is 44.9 Å². The van der Waals surface area contributed by atoms with Crippen molar-refractivity contribution in [3.05, 3.63) is 0 Å². The number of hydrogen-bond acceptors (Lipinski definition) is 5. The zero-order valence-electron chi connectivity index (χ0n) is 13.5. The number of esters is 1. The van der Waals surface area contributed by atoms with Gasteiger partial charge in [0.15, 0.2) is 0 Å². The molecule has 2 fully saturated rings. The van der Waals surface area contributed by atoms with Gasteiger partial charge in [0.2, 0.25) is 10.0 Å². The second kappa shape index (κ2) is 7.17. The average molecular weight is 347 g/mol. The lowest BCUT2D eigenvalue weighted by Gasteiger charge is -2.37. The van der Waals surface area contributed by atoms with Crippen LogP contribution >= 0.6 is 0 Å². The van der Waals surface area contributed by atoms with Gasteiger partial charge in [-0.2, -0.15) is 0 Å². The number of piperidine rings is 1. The Morgan fingerprint density at radius 3 is 2.43 bits per heavy atom. The first-order chi connectivity index (χ1) is 10.8. The fraction of sp³-hybridized carbons (Fsp3) is 0.867. The molecule has 1 saturated heterocycles. The molecule has 1 N–H and O–H groups in total. The van der Waals surface area contributed by atoms with Crippen LogP contribution < -0.4 is 0 Å². The number of rotatable bonds is 5. The monoisotopic (exact) mass is 347 g/mol. The minimum Gasteiger partial charge on any atom is -0.481 e. The van der Waals surface area contributed by atoms with Crippen LogP contribution in [0.5, 0.6) is 0 Å². The van der Waals surface area contributed by atoms with E-state index in [9.17, 15) is 18.0 Å². The summed E-state index contributed by atoms with van der Waals surface area (Å²) in [4.78, 5) is 23.4. The van der Waals surface area contributed by atoms with Crippen molar-refractivity contribution in [2.45, 2.75) is 44.9 Å². The first kappa shape index (κ1) is 18.2. The molecule has 2 rings (SSSR count). The van der Waals surface area contributed by atoms with Gasteiger partial charge in [-0.15, -0.1) is 0 Å². The Kier molecular flexibility index (Phi) is 5.67. The Labute approximate surface area is 137 Å². The number of carboxylic acid groups (broad SMARTS) is 1. The molecule has 0 radical (unpaired) electrons. The molecule has 23 heavy (non-hydrogen) atoms. The number of aliphatic carboxylic acids is 1. The molecule has 0 aromatic rings. The SMILES string of the molecule is COC(=O)C1(CS(=O)(=O)N2CCCC(C(=O)O)C2)CCCCC1. The summed E-state index contributed by atoms with van der Waals surface area (Å²) in [5.74, 6) is -2.38. The summed E-state index contributed by atoms with van der Waals surface area (Å²) in [6.45, 7) is 0.318. The van der Waals surface area contributed by atoms with E-state index < -0.39 is 33.3 Å². The molecule has 0 aromatic carbocycles. The molecular formula is C15H25NO6S. The molecule has 0 spiro atoms. The second-order valence-corrected chi connectivity index (χ2v) is 8.59. The van der Waals surface area contributed by atoms with Crippen molar-refractivity contribution in [2.75, 3.05) is 26.0 Å². The standard InChI is InChI=1S/C15H25NO6S/c1-22-14(19)15(7-3-2-4-8-15)11-23(20,21)16-9-5-6-12(10-16)13(17)18/h12H,2-11H2,1H3,(H,17,18). The van der Waals surface area contributed by atoms with Crippen LogP contribution in [-0.2, 0) is 24.3 Å². The summed E-state index contributed by atoms with van der Waals surface area (Å²) >= 11 is 0. The Morgan fingerprint density at radius 2 is 1.87 bits per heavy atom. The maximum atomic E-state index is 12.8. The van der Waals surface area contributed by atoms with Gasteiger partial charge < -0.3 is 9.84 Å². The predicted octanol–water partition coefficient (Wildman–Crippen LogP) is 1.24. The topological polar surface area (TPSA) is 101 Å². The molecule has 7 nitrogen and oxygen atoms in total. The Hall–Kier alpha value is -1.15. The molecule has 1 atom stereocenters. The van der Waals surface area contributed by atoms with E-state index in [2.05, 4.69) is 0 Å². The molecular weight excluding hydrogens is 322 g/mol. The van der Waals surface area contributed by atoms with Crippen LogP contribution in [0.3, 0.4) is 0 Å². The van der Waals surface area contributed by atoms with Gasteiger partial charge in [-0.1, -0.05) is 19.3 Å². The highest BCUT2D eigenvalue weighted by molar-refractivity contribution is 7.89. The lowest BCUT2D eigenvalue weighted by Crippen LogP contribution is -2.49. The summed E-state index contributed by atoms with van der Waals surface area (Å²) in [5.41, 5.74) is -0.984. The third kappa shape index (κ3) is 4.03. The molecule has 132 valence electrons. The highest BCUT2D eigenvalue weighted by atomic mass is 32.2. The van der Waals surface area contributed by atoms with Gasteiger partial charge in [0.05, 0.1) is 24.2 Å². The maximum absolute atomic E-state index is 12.8. The molecule has 1 heterocycles. The molecule has 2 aliphatic rings. The summed E-state index contributed by atoms with van der Waals surface area (Å²) in [6.07, 6.45) is 4.64. The minimum absolute atomic E-state index is 0.00504.